The van der Waals surface area contributed by atoms with E-state index in [9.17, 15) is 14.0 Å². The first kappa shape index (κ1) is 13.5. The fourth-order valence-corrected chi connectivity index (χ4v) is 2.33. The molecule has 1 atom stereocenters. The average molecular weight is 295 g/mol. The Balaban J connectivity index is 1.56. The molecule has 2 aliphatic rings. The van der Waals surface area contributed by atoms with E-state index in [0.29, 0.717) is 32.6 Å². The van der Waals surface area contributed by atoms with Gasteiger partial charge in [0, 0.05) is 26.1 Å². The summed E-state index contributed by atoms with van der Waals surface area (Å²) in [7, 11) is 0. The molecule has 1 aromatic heterocycles. The highest BCUT2D eigenvalue weighted by atomic mass is 19.1. The van der Waals surface area contributed by atoms with E-state index in [2.05, 4.69) is 15.3 Å². The molecule has 0 radical (unpaired) electrons. The minimum absolute atomic E-state index is 0.0783. The van der Waals surface area contributed by atoms with Crippen molar-refractivity contribution < 1.29 is 18.7 Å². The maximum atomic E-state index is 12.7. The van der Waals surface area contributed by atoms with Crippen molar-refractivity contribution in [2.75, 3.05) is 26.2 Å². The third-order valence-electron chi connectivity index (χ3n) is 3.37. The summed E-state index contributed by atoms with van der Waals surface area (Å²) >= 11 is 0. The van der Waals surface area contributed by atoms with Crippen LogP contribution in [0.15, 0.2) is 12.4 Å². The van der Waals surface area contributed by atoms with Gasteiger partial charge in [-0.3, -0.25) is 0 Å². The number of ether oxygens (including phenoxy) is 1. The van der Waals surface area contributed by atoms with Crippen molar-refractivity contribution in [2.24, 2.45) is 0 Å². The number of likely N-dealkylation sites (tertiary alicyclic amines) is 1. The number of halogens is 1. The fraction of sp³-hybridized carbons (Fsp3) is 0.500. The van der Waals surface area contributed by atoms with Crippen molar-refractivity contribution in [3.05, 3.63) is 18.2 Å². The Morgan fingerprint density at radius 3 is 2.81 bits per heavy atom. The Labute approximate surface area is 119 Å². The smallest absolute Gasteiger partial charge is 0.328 e. The van der Waals surface area contributed by atoms with Gasteiger partial charge in [-0.15, -0.1) is 0 Å². The van der Waals surface area contributed by atoms with E-state index in [4.69, 9.17) is 4.74 Å². The molecule has 1 N–H and O–H groups in total. The van der Waals surface area contributed by atoms with Crippen molar-refractivity contribution >= 4 is 12.1 Å². The van der Waals surface area contributed by atoms with Crippen LogP contribution in [-0.2, 0) is 0 Å². The lowest BCUT2D eigenvalue weighted by molar-refractivity contribution is 0.158. The molecule has 2 fully saturated rings. The molecule has 0 spiro atoms. The molecular formula is C12H14FN5O3. The van der Waals surface area contributed by atoms with Crippen LogP contribution in [0.4, 0.5) is 14.0 Å². The second-order valence-electron chi connectivity index (χ2n) is 4.82. The standard InChI is InChI=1S/C12H14FN5O3/c13-8-5-15-10(16-6-8)21-9-1-3-17(7-9)12(20)18-4-2-14-11(18)19/h5-6,9H,1-4,7H2,(H,14,19). The largest absolute Gasteiger partial charge is 0.458 e. The highest BCUT2D eigenvalue weighted by Gasteiger charge is 2.35. The van der Waals surface area contributed by atoms with Crippen LogP contribution in [0.25, 0.3) is 0 Å². The lowest BCUT2D eigenvalue weighted by Gasteiger charge is -2.21. The van der Waals surface area contributed by atoms with Gasteiger partial charge in [0.25, 0.3) is 0 Å². The molecule has 3 heterocycles. The van der Waals surface area contributed by atoms with Crippen LogP contribution in [0.5, 0.6) is 6.01 Å². The summed E-state index contributed by atoms with van der Waals surface area (Å²) in [5, 5.41) is 2.58. The minimum atomic E-state index is -0.536. The number of hydrogen-bond donors (Lipinski definition) is 1. The quantitative estimate of drug-likeness (QED) is 0.843. The first-order valence-electron chi connectivity index (χ1n) is 6.62. The molecule has 1 unspecified atom stereocenters. The van der Waals surface area contributed by atoms with E-state index in [1.165, 1.54) is 4.90 Å². The van der Waals surface area contributed by atoms with Crippen molar-refractivity contribution in [1.29, 1.82) is 0 Å². The topological polar surface area (TPSA) is 87.7 Å². The van der Waals surface area contributed by atoms with Crippen LogP contribution >= 0.6 is 0 Å². The lowest BCUT2D eigenvalue weighted by atomic mass is 10.3. The van der Waals surface area contributed by atoms with Crippen molar-refractivity contribution in [2.45, 2.75) is 12.5 Å². The molecule has 8 nitrogen and oxygen atoms in total. The number of hydrogen-bond acceptors (Lipinski definition) is 5. The second-order valence-corrected chi connectivity index (χ2v) is 4.82. The third kappa shape index (κ3) is 2.86. The maximum Gasteiger partial charge on any atom is 0.328 e. The predicted molar refractivity (Wildman–Crippen MR) is 68.1 cm³/mol. The Bertz CT molecular complexity index is 552. The SMILES string of the molecule is O=C1NCCN1C(=O)N1CCC(Oc2ncc(F)cn2)C1. The highest BCUT2D eigenvalue weighted by molar-refractivity contribution is 5.95. The zero-order chi connectivity index (χ0) is 14.8. The molecule has 0 bridgehead atoms. The lowest BCUT2D eigenvalue weighted by Crippen LogP contribution is -2.44. The molecule has 4 amide bonds. The summed E-state index contributed by atoms with van der Waals surface area (Å²) in [5.74, 6) is -0.536. The van der Waals surface area contributed by atoms with Gasteiger partial charge in [-0.25, -0.2) is 28.8 Å². The molecule has 1 aromatic rings. The van der Waals surface area contributed by atoms with E-state index < -0.39 is 5.82 Å². The predicted octanol–water partition coefficient (Wildman–Crippen LogP) is 0.214. The molecule has 0 aliphatic carbocycles. The molecule has 0 saturated carbocycles. The Kier molecular flexibility index (Phi) is 3.55. The Morgan fingerprint density at radius 2 is 2.14 bits per heavy atom. The van der Waals surface area contributed by atoms with Gasteiger partial charge in [-0.05, 0) is 0 Å². The zero-order valence-electron chi connectivity index (χ0n) is 11.2. The molecule has 3 rings (SSSR count). The first-order chi connectivity index (χ1) is 10.1. The number of nitrogens with zero attached hydrogens (tertiary/aromatic N) is 4. The third-order valence-corrected chi connectivity index (χ3v) is 3.37. The van der Waals surface area contributed by atoms with E-state index in [-0.39, 0.29) is 24.2 Å². The highest BCUT2D eigenvalue weighted by Crippen LogP contribution is 2.17. The molecule has 2 aliphatic heterocycles. The molecule has 2 saturated heterocycles. The monoisotopic (exact) mass is 295 g/mol. The van der Waals surface area contributed by atoms with Gasteiger partial charge in [0.05, 0.1) is 18.9 Å². The number of imide groups is 1. The summed E-state index contributed by atoms with van der Waals surface area (Å²) in [6.07, 6.45) is 2.40. The molecule has 0 aromatic carbocycles. The summed E-state index contributed by atoms with van der Waals surface area (Å²) in [4.78, 5) is 33.8. The molecule has 112 valence electrons. The van der Waals surface area contributed by atoms with E-state index >= 15 is 0 Å². The van der Waals surface area contributed by atoms with Gasteiger partial charge < -0.3 is 15.0 Å². The summed E-state index contributed by atoms with van der Waals surface area (Å²) in [6, 6.07) is -0.614. The van der Waals surface area contributed by atoms with E-state index in [1.807, 2.05) is 0 Å². The minimum Gasteiger partial charge on any atom is -0.458 e. The summed E-state index contributed by atoms with van der Waals surface area (Å²) in [5.41, 5.74) is 0. The molecular weight excluding hydrogens is 281 g/mol. The number of urea groups is 2. The zero-order valence-corrected chi connectivity index (χ0v) is 11.2. The first-order valence-corrected chi connectivity index (χ1v) is 6.62. The second kappa shape index (κ2) is 5.51. The Morgan fingerprint density at radius 1 is 1.38 bits per heavy atom. The van der Waals surface area contributed by atoms with Gasteiger partial charge in [-0.2, -0.15) is 0 Å². The number of amides is 4. The van der Waals surface area contributed by atoms with Crippen LogP contribution < -0.4 is 10.1 Å². The van der Waals surface area contributed by atoms with Crippen LogP contribution in [0.1, 0.15) is 6.42 Å². The fourth-order valence-electron chi connectivity index (χ4n) is 2.33. The van der Waals surface area contributed by atoms with E-state index in [1.54, 1.807) is 4.90 Å². The van der Waals surface area contributed by atoms with Crippen LogP contribution in [0, 0.1) is 5.82 Å². The van der Waals surface area contributed by atoms with E-state index in [0.717, 1.165) is 12.4 Å². The van der Waals surface area contributed by atoms with Gasteiger partial charge in [0.1, 0.15) is 6.10 Å². The molecule has 9 heteroatoms. The Hall–Kier alpha value is -2.45. The summed E-state index contributed by atoms with van der Waals surface area (Å²) in [6.45, 7) is 1.69. The van der Waals surface area contributed by atoms with Crippen LogP contribution in [0.3, 0.4) is 0 Å². The maximum absolute atomic E-state index is 12.7. The number of rotatable bonds is 2. The van der Waals surface area contributed by atoms with Gasteiger partial charge in [-0.1, -0.05) is 0 Å². The van der Waals surface area contributed by atoms with Gasteiger partial charge >= 0.3 is 18.1 Å². The average Bonchev–Trinajstić information content (AvgIpc) is 3.10. The normalized spacial score (nSPS) is 21.6. The van der Waals surface area contributed by atoms with Gasteiger partial charge in [0.15, 0.2) is 5.82 Å². The van der Waals surface area contributed by atoms with Crippen molar-refractivity contribution in [3.8, 4) is 6.01 Å². The number of aromatic nitrogens is 2. The van der Waals surface area contributed by atoms with Crippen LogP contribution in [0.2, 0.25) is 0 Å². The van der Waals surface area contributed by atoms with Crippen molar-refractivity contribution in [1.82, 2.24) is 25.1 Å². The number of carbonyl (C=O) groups excluding carboxylic acids is 2. The van der Waals surface area contributed by atoms with Gasteiger partial charge in [0.2, 0.25) is 0 Å². The number of nitrogens with one attached hydrogen (secondary N) is 1. The summed E-state index contributed by atoms with van der Waals surface area (Å²) < 4.78 is 18.2. The molecule has 21 heavy (non-hydrogen) atoms. The van der Waals surface area contributed by atoms with Crippen LogP contribution in [-0.4, -0.2) is 64.1 Å². The number of carbonyl (C=O) groups is 2. The van der Waals surface area contributed by atoms with Crippen molar-refractivity contribution in [3.63, 3.8) is 0 Å².